The minimum Gasteiger partial charge on any atom is -0.398 e. The highest BCUT2D eigenvalue weighted by Gasteiger charge is 2.08. The molecule has 3 nitrogen and oxygen atoms in total. The summed E-state index contributed by atoms with van der Waals surface area (Å²) in [6, 6.07) is 7.45. The standard InChI is InChI=1S/C10H13N3/c1-7-2-3-8(10(13)6-7)9(12)4-5-11/h2-3,6,9H,4,12-13H2,1H3. The molecule has 1 unspecified atom stereocenters. The van der Waals surface area contributed by atoms with Gasteiger partial charge in [-0.05, 0) is 24.1 Å². The largest absolute Gasteiger partial charge is 0.398 e. The third-order valence-corrected chi connectivity index (χ3v) is 1.95. The van der Waals surface area contributed by atoms with Crippen molar-refractivity contribution in [2.75, 3.05) is 5.73 Å². The van der Waals surface area contributed by atoms with Crippen molar-refractivity contribution in [3.8, 4) is 6.07 Å². The van der Waals surface area contributed by atoms with E-state index < -0.39 is 0 Å². The molecule has 0 saturated heterocycles. The fraction of sp³-hybridized carbons (Fsp3) is 0.300. The molecule has 1 atom stereocenters. The number of hydrogen-bond acceptors (Lipinski definition) is 3. The zero-order valence-corrected chi connectivity index (χ0v) is 7.62. The molecule has 0 aliphatic carbocycles. The topological polar surface area (TPSA) is 75.8 Å². The van der Waals surface area contributed by atoms with Crippen molar-refractivity contribution in [1.82, 2.24) is 0 Å². The lowest BCUT2D eigenvalue weighted by molar-refractivity contribution is 0.751. The smallest absolute Gasteiger partial charge is 0.0641 e. The second-order valence-corrected chi connectivity index (χ2v) is 3.10. The summed E-state index contributed by atoms with van der Waals surface area (Å²) < 4.78 is 0. The van der Waals surface area contributed by atoms with Gasteiger partial charge < -0.3 is 11.5 Å². The van der Waals surface area contributed by atoms with Gasteiger partial charge in [-0.2, -0.15) is 5.26 Å². The van der Waals surface area contributed by atoms with Gasteiger partial charge in [0.25, 0.3) is 0 Å². The summed E-state index contributed by atoms with van der Waals surface area (Å²) >= 11 is 0. The molecule has 0 radical (unpaired) electrons. The maximum absolute atomic E-state index is 8.47. The molecule has 1 rings (SSSR count). The molecule has 0 heterocycles. The molecule has 0 fully saturated rings. The van der Waals surface area contributed by atoms with Crippen LogP contribution in [0.3, 0.4) is 0 Å². The van der Waals surface area contributed by atoms with Gasteiger partial charge in [-0.15, -0.1) is 0 Å². The molecule has 13 heavy (non-hydrogen) atoms. The predicted octanol–water partition coefficient (Wildman–Crippen LogP) is 1.49. The molecular formula is C10H13N3. The first-order valence-electron chi connectivity index (χ1n) is 4.13. The number of nitrogen functional groups attached to an aromatic ring is 1. The Labute approximate surface area is 78.0 Å². The summed E-state index contributed by atoms with van der Waals surface area (Å²) in [6.07, 6.45) is 0.299. The van der Waals surface area contributed by atoms with Gasteiger partial charge in [-0.3, -0.25) is 0 Å². The lowest BCUT2D eigenvalue weighted by Gasteiger charge is -2.11. The molecule has 1 aromatic carbocycles. The molecule has 3 heteroatoms. The van der Waals surface area contributed by atoms with Crippen LogP contribution in [0.5, 0.6) is 0 Å². The Morgan fingerprint density at radius 1 is 1.54 bits per heavy atom. The van der Waals surface area contributed by atoms with E-state index in [0.717, 1.165) is 11.1 Å². The number of anilines is 1. The number of nitrogens with two attached hydrogens (primary N) is 2. The molecule has 0 amide bonds. The highest BCUT2D eigenvalue weighted by atomic mass is 14.7. The Bertz CT molecular complexity index is 339. The summed E-state index contributed by atoms with van der Waals surface area (Å²) in [7, 11) is 0. The average molecular weight is 175 g/mol. The van der Waals surface area contributed by atoms with Crippen LogP contribution >= 0.6 is 0 Å². The van der Waals surface area contributed by atoms with E-state index in [0.29, 0.717) is 12.1 Å². The average Bonchev–Trinajstić information content (AvgIpc) is 2.04. The monoisotopic (exact) mass is 175 g/mol. The Kier molecular flexibility index (Phi) is 2.88. The number of nitrogens with zero attached hydrogens (tertiary/aromatic N) is 1. The first-order chi connectivity index (χ1) is 6.15. The Morgan fingerprint density at radius 3 is 2.77 bits per heavy atom. The molecule has 1 aromatic rings. The van der Waals surface area contributed by atoms with E-state index in [4.69, 9.17) is 16.7 Å². The molecular weight excluding hydrogens is 162 g/mol. The normalized spacial score (nSPS) is 12.1. The molecule has 0 spiro atoms. The van der Waals surface area contributed by atoms with E-state index in [-0.39, 0.29) is 6.04 Å². The maximum Gasteiger partial charge on any atom is 0.0641 e. The zero-order valence-electron chi connectivity index (χ0n) is 7.62. The molecule has 68 valence electrons. The number of rotatable bonds is 2. The lowest BCUT2D eigenvalue weighted by atomic mass is 10.0. The van der Waals surface area contributed by atoms with Crippen molar-refractivity contribution < 1.29 is 0 Å². The Balaban J connectivity index is 2.96. The van der Waals surface area contributed by atoms with Crippen molar-refractivity contribution in [1.29, 1.82) is 5.26 Å². The van der Waals surface area contributed by atoms with Gasteiger partial charge in [-0.25, -0.2) is 0 Å². The van der Waals surface area contributed by atoms with Gasteiger partial charge in [-0.1, -0.05) is 12.1 Å². The van der Waals surface area contributed by atoms with E-state index in [1.807, 2.05) is 31.2 Å². The van der Waals surface area contributed by atoms with E-state index in [2.05, 4.69) is 0 Å². The number of aryl methyl sites for hydroxylation is 1. The van der Waals surface area contributed by atoms with Gasteiger partial charge in [0, 0.05) is 11.7 Å². The van der Waals surface area contributed by atoms with Crippen LogP contribution in [0.15, 0.2) is 18.2 Å². The van der Waals surface area contributed by atoms with Gasteiger partial charge in [0.1, 0.15) is 0 Å². The third kappa shape index (κ3) is 2.20. The minimum atomic E-state index is -0.273. The van der Waals surface area contributed by atoms with Gasteiger partial charge in [0.05, 0.1) is 12.5 Å². The van der Waals surface area contributed by atoms with Crippen LogP contribution in [-0.2, 0) is 0 Å². The number of hydrogen-bond donors (Lipinski definition) is 2. The quantitative estimate of drug-likeness (QED) is 0.668. The number of nitriles is 1. The molecule has 0 aliphatic heterocycles. The Morgan fingerprint density at radius 2 is 2.23 bits per heavy atom. The van der Waals surface area contributed by atoms with Crippen LogP contribution in [0.4, 0.5) is 5.69 Å². The van der Waals surface area contributed by atoms with E-state index >= 15 is 0 Å². The van der Waals surface area contributed by atoms with Crippen LogP contribution < -0.4 is 11.5 Å². The number of benzene rings is 1. The van der Waals surface area contributed by atoms with Crippen LogP contribution in [-0.4, -0.2) is 0 Å². The van der Waals surface area contributed by atoms with Crippen molar-refractivity contribution in [2.45, 2.75) is 19.4 Å². The van der Waals surface area contributed by atoms with Gasteiger partial charge >= 0.3 is 0 Å². The fourth-order valence-corrected chi connectivity index (χ4v) is 1.24. The summed E-state index contributed by atoms with van der Waals surface area (Å²) in [4.78, 5) is 0. The third-order valence-electron chi connectivity index (χ3n) is 1.95. The van der Waals surface area contributed by atoms with Crippen LogP contribution in [0.2, 0.25) is 0 Å². The second-order valence-electron chi connectivity index (χ2n) is 3.10. The minimum absolute atomic E-state index is 0.273. The molecule has 0 saturated carbocycles. The summed E-state index contributed by atoms with van der Waals surface area (Å²) in [6.45, 7) is 1.97. The van der Waals surface area contributed by atoms with Crippen molar-refractivity contribution >= 4 is 5.69 Å². The molecule has 0 bridgehead atoms. The van der Waals surface area contributed by atoms with Gasteiger partial charge in [0.2, 0.25) is 0 Å². The molecule has 4 N–H and O–H groups in total. The van der Waals surface area contributed by atoms with E-state index in [1.165, 1.54) is 0 Å². The summed E-state index contributed by atoms with van der Waals surface area (Å²) in [5.41, 5.74) is 14.1. The fourth-order valence-electron chi connectivity index (χ4n) is 1.24. The van der Waals surface area contributed by atoms with Crippen LogP contribution in [0.25, 0.3) is 0 Å². The van der Waals surface area contributed by atoms with Crippen LogP contribution in [0, 0.1) is 18.3 Å². The zero-order chi connectivity index (χ0) is 9.84. The molecule has 0 aromatic heterocycles. The highest BCUT2D eigenvalue weighted by Crippen LogP contribution is 2.21. The van der Waals surface area contributed by atoms with E-state index in [9.17, 15) is 0 Å². The SMILES string of the molecule is Cc1ccc(C(N)CC#N)c(N)c1. The first-order valence-corrected chi connectivity index (χ1v) is 4.13. The molecule has 0 aliphatic rings. The van der Waals surface area contributed by atoms with Gasteiger partial charge in [0.15, 0.2) is 0 Å². The predicted molar refractivity (Wildman–Crippen MR) is 52.7 cm³/mol. The maximum atomic E-state index is 8.47. The highest BCUT2D eigenvalue weighted by molar-refractivity contribution is 5.50. The second kappa shape index (κ2) is 3.92. The Hall–Kier alpha value is -1.53. The first kappa shape index (κ1) is 9.56. The van der Waals surface area contributed by atoms with Crippen LogP contribution in [0.1, 0.15) is 23.6 Å². The van der Waals surface area contributed by atoms with Crippen molar-refractivity contribution in [3.63, 3.8) is 0 Å². The van der Waals surface area contributed by atoms with Crippen molar-refractivity contribution in [2.24, 2.45) is 5.73 Å². The van der Waals surface area contributed by atoms with E-state index in [1.54, 1.807) is 0 Å². The lowest BCUT2D eigenvalue weighted by Crippen LogP contribution is -2.11. The summed E-state index contributed by atoms with van der Waals surface area (Å²) in [5.74, 6) is 0. The summed E-state index contributed by atoms with van der Waals surface area (Å²) in [5, 5.41) is 8.47. The van der Waals surface area contributed by atoms with Crippen molar-refractivity contribution in [3.05, 3.63) is 29.3 Å².